The predicted molar refractivity (Wildman–Crippen MR) is 49.1 cm³/mol. The highest BCUT2D eigenvalue weighted by atomic mass is 79.9. The van der Waals surface area contributed by atoms with Crippen LogP contribution in [-0.2, 0) is 0 Å². The summed E-state index contributed by atoms with van der Waals surface area (Å²) >= 11 is 0. The van der Waals surface area contributed by atoms with Gasteiger partial charge in [-0.05, 0) is 6.92 Å². The van der Waals surface area contributed by atoms with Gasteiger partial charge in [0.05, 0.1) is 0 Å². The molecule has 0 amide bonds. The highest BCUT2D eigenvalue weighted by molar-refractivity contribution is 8.93. The van der Waals surface area contributed by atoms with Crippen LogP contribution in [0.2, 0.25) is 0 Å². The van der Waals surface area contributed by atoms with Gasteiger partial charge in [-0.1, -0.05) is 0 Å². The Labute approximate surface area is 79.0 Å². The van der Waals surface area contributed by atoms with Gasteiger partial charge in [-0.3, -0.25) is 4.79 Å². The van der Waals surface area contributed by atoms with Crippen molar-refractivity contribution in [3.8, 4) is 0 Å². The fourth-order valence-corrected chi connectivity index (χ4v) is 0.667. The second-order valence-corrected chi connectivity index (χ2v) is 2.20. The van der Waals surface area contributed by atoms with E-state index in [2.05, 4.69) is 4.98 Å². The summed E-state index contributed by atoms with van der Waals surface area (Å²) in [6, 6.07) is 1.07. The maximum atomic E-state index is 10.9. The number of hydrogen-bond acceptors (Lipinski definition) is 2. The number of rotatable bonds is 1. The number of aryl methyl sites for hydroxylation is 1. The number of aromatic carboxylic acids is 1. The van der Waals surface area contributed by atoms with Crippen LogP contribution in [0.4, 0.5) is 0 Å². The number of carbonyl (C=O) groups is 1. The summed E-state index contributed by atoms with van der Waals surface area (Å²) in [5.41, 5.74) is 0.164. The molecule has 0 aromatic carbocycles. The Hall–Kier alpha value is -1.10. The van der Waals surface area contributed by atoms with Crippen molar-refractivity contribution in [1.29, 1.82) is 0 Å². The molecule has 0 unspecified atom stereocenters. The van der Waals surface area contributed by atoms with E-state index in [1.165, 1.54) is 6.20 Å². The highest BCUT2D eigenvalue weighted by Gasteiger charge is 2.03. The number of halogens is 1. The Bertz CT molecular complexity index is 345. The van der Waals surface area contributed by atoms with Crippen LogP contribution in [0.25, 0.3) is 0 Å². The van der Waals surface area contributed by atoms with Gasteiger partial charge in [0.1, 0.15) is 5.69 Å². The molecular formula is C7H8BrNO3. The molecule has 0 bridgehead atoms. The van der Waals surface area contributed by atoms with Crippen molar-refractivity contribution >= 4 is 23.0 Å². The monoisotopic (exact) mass is 233 g/mol. The summed E-state index contributed by atoms with van der Waals surface area (Å²) in [6.07, 6.45) is 1.38. The number of carboxylic acids is 1. The quantitative estimate of drug-likeness (QED) is 0.760. The number of nitrogens with one attached hydrogen (secondary N) is 1. The van der Waals surface area contributed by atoms with E-state index in [1.807, 2.05) is 0 Å². The van der Waals surface area contributed by atoms with Crippen molar-refractivity contribution in [3.63, 3.8) is 0 Å². The van der Waals surface area contributed by atoms with Crippen LogP contribution in [0.1, 0.15) is 16.1 Å². The van der Waals surface area contributed by atoms with Crippen molar-refractivity contribution in [2.75, 3.05) is 0 Å². The summed E-state index contributed by atoms with van der Waals surface area (Å²) in [5, 5.41) is 8.43. The molecule has 0 aliphatic carbocycles. The van der Waals surface area contributed by atoms with Crippen LogP contribution in [0, 0.1) is 6.92 Å². The summed E-state index contributed by atoms with van der Waals surface area (Å²) in [4.78, 5) is 23.6. The van der Waals surface area contributed by atoms with Crippen LogP contribution in [-0.4, -0.2) is 16.1 Å². The molecule has 66 valence electrons. The van der Waals surface area contributed by atoms with E-state index in [0.29, 0.717) is 5.56 Å². The van der Waals surface area contributed by atoms with E-state index in [-0.39, 0.29) is 28.1 Å². The number of hydrogen-bond donors (Lipinski definition) is 2. The van der Waals surface area contributed by atoms with E-state index in [1.54, 1.807) is 6.92 Å². The average Bonchev–Trinajstić information content (AvgIpc) is 1.94. The number of pyridine rings is 1. The zero-order valence-electron chi connectivity index (χ0n) is 6.33. The lowest BCUT2D eigenvalue weighted by atomic mass is 10.2. The molecule has 0 aliphatic rings. The van der Waals surface area contributed by atoms with Crippen LogP contribution in [0.15, 0.2) is 17.1 Å². The molecule has 1 aromatic heterocycles. The van der Waals surface area contributed by atoms with Gasteiger partial charge >= 0.3 is 5.97 Å². The second-order valence-electron chi connectivity index (χ2n) is 2.20. The standard InChI is InChI=1S/C7H7NO3.BrH/c1-4-3-8-5(7(10)11)2-6(4)9;/h2-3H,1H3,(H,8,9)(H,10,11);1H. The van der Waals surface area contributed by atoms with Gasteiger partial charge in [0.25, 0.3) is 0 Å². The van der Waals surface area contributed by atoms with E-state index >= 15 is 0 Å². The molecule has 0 fully saturated rings. The summed E-state index contributed by atoms with van der Waals surface area (Å²) in [5.74, 6) is -1.12. The second kappa shape index (κ2) is 4.06. The van der Waals surface area contributed by atoms with Crippen LogP contribution in [0.3, 0.4) is 0 Å². The first kappa shape index (κ1) is 10.9. The Morgan fingerprint density at radius 1 is 1.58 bits per heavy atom. The highest BCUT2D eigenvalue weighted by Crippen LogP contribution is 1.90. The molecule has 4 nitrogen and oxygen atoms in total. The van der Waals surface area contributed by atoms with Crippen molar-refractivity contribution < 1.29 is 9.90 Å². The molecule has 2 N–H and O–H groups in total. The number of carboxylic acid groups (broad SMARTS) is 1. The van der Waals surface area contributed by atoms with E-state index < -0.39 is 5.97 Å². The van der Waals surface area contributed by atoms with Gasteiger partial charge in [-0.25, -0.2) is 4.79 Å². The van der Waals surface area contributed by atoms with Crippen molar-refractivity contribution in [2.24, 2.45) is 0 Å². The Morgan fingerprint density at radius 2 is 2.17 bits per heavy atom. The first-order chi connectivity index (χ1) is 5.11. The third-order valence-electron chi connectivity index (χ3n) is 1.34. The molecule has 0 saturated heterocycles. The summed E-state index contributed by atoms with van der Waals surface area (Å²) in [7, 11) is 0. The van der Waals surface area contributed by atoms with E-state index in [4.69, 9.17) is 5.11 Å². The normalized spacial score (nSPS) is 8.75. The molecule has 1 rings (SSSR count). The summed E-state index contributed by atoms with van der Waals surface area (Å²) in [6.45, 7) is 1.62. The fraction of sp³-hybridized carbons (Fsp3) is 0.143. The van der Waals surface area contributed by atoms with E-state index in [0.717, 1.165) is 6.07 Å². The van der Waals surface area contributed by atoms with Gasteiger partial charge in [0.2, 0.25) is 0 Å². The molecular weight excluding hydrogens is 226 g/mol. The number of aromatic nitrogens is 1. The number of H-pyrrole nitrogens is 1. The largest absolute Gasteiger partial charge is 0.477 e. The lowest BCUT2D eigenvalue weighted by Gasteiger charge is -1.93. The van der Waals surface area contributed by atoms with Crippen LogP contribution >= 0.6 is 17.0 Å². The van der Waals surface area contributed by atoms with E-state index in [9.17, 15) is 9.59 Å². The molecule has 1 aromatic rings. The molecule has 0 spiro atoms. The molecule has 0 atom stereocenters. The predicted octanol–water partition coefficient (Wildman–Crippen LogP) is 0.959. The smallest absolute Gasteiger partial charge is 0.352 e. The zero-order chi connectivity index (χ0) is 8.43. The number of aromatic amines is 1. The van der Waals surface area contributed by atoms with Crippen molar-refractivity contribution in [2.45, 2.75) is 6.92 Å². The van der Waals surface area contributed by atoms with Crippen LogP contribution < -0.4 is 5.43 Å². The minimum atomic E-state index is -1.12. The first-order valence-electron chi connectivity index (χ1n) is 3.04. The lowest BCUT2D eigenvalue weighted by molar-refractivity contribution is 0.0690. The average molecular weight is 234 g/mol. The SMILES string of the molecule is Br.Cc1c[nH]c(C(=O)O)cc1=O. The van der Waals surface area contributed by atoms with Gasteiger partial charge in [-0.2, -0.15) is 0 Å². The Balaban J connectivity index is 0.00000121. The molecule has 0 radical (unpaired) electrons. The third kappa shape index (κ3) is 2.20. The minimum absolute atomic E-state index is 0. The molecule has 0 saturated carbocycles. The lowest BCUT2D eigenvalue weighted by Crippen LogP contribution is -2.10. The van der Waals surface area contributed by atoms with Gasteiger partial charge in [0, 0.05) is 17.8 Å². The van der Waals surface area contributed by atoms with Gasteiger partial charge < -0.3 is 10.1 Å². The Morgan fingerprint density at radius 3 is 2.58 bits per heavy atom. The summed E-state index contributed by atoms with van der Waals surface area (Å²) < 4.78 is 0. The molecule has 5 heteroatoms. The fourth-order valence-electron chi connectivity index (χ4n) is 0.667. The zero-order valence-corrected chi connectivity index (χ0v) is 8.04. The molecule has 1 heterocycles. The van der Waals surface area contributed by atoms with Gasteiger partial charge in [0.15, 0.2) is 5.43 Å². The maximum Gasteiger partial charge on any atom is 0.352 e. The first-order valence-corrected chi connectivity index (χ1v) is 3.04. The topological polar surface area (TPSA) is 70.2 Å². The third-order valence-corrected chi connectivity index (χ3v) is 1.34. The van der Waals surface area contributed by atoms with Gasteiger partial charge in [-0.15, -0.1) is 17.0 Å². The minimum Gasteiger partial charge on any atom is -0.477 e. The Kier molecular flexibility index (Phi) is 3.69. The molecule has 12 heavy (non-hydrogen) atoms. The maximum absolute atomic E-state index is 10.9. The van der Waals surface area contributed by atoms with Crippen LogP contribution in [0.5, 0.6) is 0 Å². The van der Waals surface area contributed by atoms with Crippen molar-refractivity contribution in [3.05, 3.63) is 33.7 Å². The van der Waals surface area contributed by atoms with Crippen molar-refractivity contribution in [1.82, 2.24) is 4.98 Å². The molecule has 0 aliphatic heterocycles.